The van der Waals surface area contributed by atoms with Crippen molar-refractivity contribution in [2.45, 2.75) is 13.0 Å². The highest BCUT2D eigenvalue weighted by Gasteiger charge is 2.16. The minimum atomic E-state index is 0.538. The van der Waals surface area contributed by atoms with Crippen LogP contribution in [-0.4, -0.2) is 11.6 Å². The third kappa shape index (κ3) is 1.04. The Morgan fingerprint density at radius 1 is 1.67 bits per heavy atom. The van der Waals surface area contributed by atoms with Crippen LogP contribution in [0.2, 0.25) is 0 Å². The van der Waals surface area contributed by atoms with E-state index in [2.05, 4.69) is 4.98 Å². The van der Waals surface area contributed by atoms with Gasteiger partial charge in [0.15, 0.2) is 5.75 Å². The van der Waals surface area contributed by atoms with Gasteiger partial charge in [0.25, 0.3) is 6.26 Å². The van der Waals surface area contributed by atoms with E-state index in [-0.39, 0.29) is 0 Å². The summed E-state index contributed by atoms with van der Waals surface area (Å²) < 4.78 is 9.97. The molecule has 0 aliphatic carbocycles. The molecule has 0 amide bonds. The third-order valence-electron chi connectivity index (χ3n) is 1.94. The second-order valence-corrected chi connectivity index (χ2v) is 2.61. The molecule has 2 heterocycles. The SMILES string of the molecule is N#COc1c[nH]c2c1COCC2. The van der Waals surface area contributed by atoms with E-state index in [0.717, 1.165) is 24.3 Å². The Bertz CT molecular complexity index is 324. The largest absolute Gasteiger partial charge is 0.386 e. The van der Waals surface area contributed by atoms with E-state index in [1.54, 1.807) is 12.5 Å². The van der Waals surface area contributed by atoms with Gasteiger partial charge < -0.3 is 14.5 Å². The molecule has 4 heteroatoms. The van der Waals surface area contributed by atoms with Crippen molar-refractivity contribution in [3.8, 4) is 12.0 Å². The first kappa shape index (κ1) is 7.19. The Morgan fingerprint density at radius 2 is 2.58 bits per heavy atom. The number of aromatic nitrogens is 1. The summed E-state index contributed by atoms with van der Waals surface area (Å²) in [6.07, 6.45) is 4.21. The summed E-state index contributed by atoms with van der Waals surface area (Å²) in [4.78, 5) is 3.05. The maximum absolute atomic E-state index is 8.31. The van der Waals surface area contributed by atoms with Crippen molar-refractivity contribution in [3.63, 3.8) is 0 Å². The number of rotatable bonds is 1. The van der Waals surface area contributed by atoms with Crippen LogP contribution < -0.4 is 4.74 Å². The summed E-state index contributed by atoms with van der Waals surface area (Å²) in [7, 11) is 0. The number of aromatic amines is 1. The summed E-state index contributed by atoms with van der Waals surface area (Å²) >= 11 is 0. The van der Waals surface area contributed by atoms with Gasteiger partial charge in [-0.2, -0.15) is 0 Å². The fourth-order valence-electron chi connectivity index (χ4n) is 1.35. The van der Waals surface area contributed by atoms with Crippen LogP contribution >= 0.6 is 0 Å². The standard InChI is InChI=1S/C8H8N2O2/c9-5-12-8-3-10-7-1-2-11-4-6(7)8/h3,10H,1-2,4H2. The molecule has 0 saturated carbocycles. The van der Waals surface area contributed by atoms with E-state index >= 15 is 0 Å². The van der Waals surface area contributed by atoms with Crippen LogP contribution in [0.15, 0.2) is 6.20 Å². The number of hydrogen-bond donors (Lipinski definition) is 1. The topological polar surface area (TPSA) is 58.0 Å². The lowest BCUT2D eigenvalue weighted by Gasteiger charge is -2.11. The van der Waals surface area contributed by atoms with Crippen LogP contribution in [0.5, 0.6) is 5.75 Å². The molecule has 4 nitrogen and oxygen atoms in total. The molecule has 1 aliphatic rings. The van der Waals surface area contributed by atoms with Crippen LogP contribution in [0, 0.1) is 11.5 Å². The Balaban J connectivity index is 2.33. The van der Waals surface area contributed by atoms with Gasteiger partial charge in [0.1, 0.15) is 0 Å². The lowest BCUT2D eigenvalue weighted by atomic mass is 10.1. The number of H-pyrrole nitrogens is 1. The van der Waals surface area contributed by atoms with E-state index in [0.29, 0.717) is 12.4 Å². The molecule has 62 valence electrons. The second-order valence-electron chi connectivity index (χ2n) is 2.61. The average Bonchev–Trinajstić information content (AvgIpc) is 2.50. The molecule has 2 rings (SSSR count). The Labute approximate surface area is 69.7 Å². The molecule has 1 aromatic rings. The molecular formula is C8H8N2O2. The fraction of sp³-hybridized carbons (Fsp3) is 0.375. The minimum absolute atomic E-state index is 0.538. The van der Waals surface area contributed by atoms with E-state index in [9.17, 15) is 0 Å². The number of nitriles is 1. The number of fused-ring (bicyclic) bond motifs is 1. The summed E-state index contributed by atoms with van der Waals surface area (Å²) in [5.41, 5.74) is 2.09. The number of nitrogens with zero attached hydrogens (tertiary/aromatic N) is 1. The van der Waals surface area contributed by atoms with Gasteiger partial charge in [-0.15, -0.1) is 5.26 Å². The zero-order valence-corrected chi connectivity index (χ0v) is 6.46. The van der Waals surface area contributed by atoms with Crippen LogP contribution in [0.1, 0.15) is 11.3 Å². The molecule has 1 N–H and O–H groups in total. The van der Waals surface area contributed by atoms with Gasteiger partial charge in [-0.05, 0) is 0 Å². The van der Waals surface area contributed by atoms with Gasteiger partial charge in [-0.1, -0.05) is 0 Å². The quantitative estimate of drug-likeness (QED) is 0.628. The lowest BCUT2D eigenvalue weighted by Crippen LogP contribution is -2.08. The molecule has 0 radical (unpaired) electrons. The van der Waals surface area contributed by atoms with Gasteiger partial charge in [-0.25, -0.2) is 0 Å². The van der Waals surface area contributed by atoms with Gasteiger partial charge in [0, 0.05) is 23.9 Å². The van der Waals surface area contributed by atoms with Crippen LogP contribution in [0.4, 0.5) is 0 Å². The highest BCUT2D eigenvalue weighted by molar-refractivity contribution is 5.37. The van der Waals surface area contributed by atoms with E-state index < -0.39 is 0 Å². The molecule has 12 heavy (non-hydrogen) atoms. The summed E-state index contributed by atoms with van der Waals surface area (Å²) in [6.45, 7) is 1.27. The minimum Gasteiger partial charge on any atom is -0.386 e. The summed E-state index contributed by atoms with van der Waals surface area (Å²) in [5, 5.41) is 8.31. The first-order chi connectivity index (χ1) is 5.92. The third-order valence-corrected chi connectivity index (χ3v) is 1.94. The Kier molecular flexibility index (Phi) is 1.72. The number of ether oxygens (including phenoxy) is 2. The average molecular weight is 164 g/mol. The first-order valence-electron chi connectivity index (χ1n) is 3.74. The molecule has 0 fully saturated rings. The lowest BCUT2D eigenvalue weighted by molar-refractivity contribution is 0.109. The van der Waals surface area contributed by atoms with Crippen molar-refractivity contribution in [3.05, 3.63) is 17.5 Å². The van der Waals surface area contributed by atoms with Crippen molar-refractivity contribution in [1.82, 2.24) is 4.98 Å². The fourth-order valence-corrected chi connectivity index (χ4v) is 1.35. The zero-order valence-electron chi connectivity index (χ0n) is 6.46. The van der Waals surface area contributed by atoms with Crippen molar-refractivity contribution in [1.29, 1.82) is 5.26 Å². The second kappa shape index (κ2) is 2.88. The van der Waals surface area contributed by atoms with Crippen molar-refractivity contribution in [2.75, 3.05) is 6.61 Å². The van der Waals surface area contributed by atoms with Crippen molar-refractivity contribution < 1.29 is 9.47 Å². The predicted molar refractivity (Wildman–Crippen MR) is 40.4 cm³/mol. The molecule has 0 spiro atoms. The molecule has 0 saturated heterocycles. The van der Waals surface area contributed by atoms with Gasteiger partial charge in [0.2, 0.25) is 0 Å². The highest BCUT2D eigenvalue weighted by atomic mass is 16.5. The van der Waals surface area contributed by atoms with E-state index in [1.165, 1.54) is 0 Å². The van der Waals surface area contributed by atoms with Crippen molar-refractivity contribution >= 4 is 0 Å². The Hall–Kier alpha value is -1.47. The molecule has 0 atom stereocenters. The smallest absolute Gasteiger partial charge is 0.292 e. The Morgan fingerprint density at radius 3 is 3.42 bits per heavy atom. The van der Waals surface area contributed by atoms with Crippen LogP contribution in [0.3, 0.4) is 0 Å². The zero-order chi connectivity index (χ0) is 8.39. The van der Waals surface area contributed by atoms with Gasteiger partial charge in [-0.3, -0.25) is 0 Å². The van der Waals surface area contributed by atoms with Crippen molar-refractivity contribution in [2.24, 2.45) is 0 Å². The van der Waals surface area contributed by atoms with Gasteiger partial charge in [0.05, 0.1) is 13.2 Å². The maximum atomic E-state index is 8.31. The monoisotopic (exact) mass is 164 g/mol. The van der Waals surface area contributed by atoms with E-state index in [4.69, 9.17) is 14.7 Å². The molecule has 1 aromatic heterocycles. The van der Waals surface area contributed by atoms with Gasteiger partial charge >= 0.3 is 0 Å². The van der Waals surface area contributed by atoms with Crippen LogP contribution in [-0.2, 0) is 17.8 Å². The summed E-state index contributed by atoms with van der Waals surface area (Å²) in [6, 6.07) is 0. The molecule has 0 bridgehead atoms. The summed E-state index contributed by atoms with van der Waals surface area (Å²) in [5.74, 6) is 0.590. The highest BCUT2D eigenvalue weighted by Crippen LogP contribution is 2.26. The van der Waals surface area contributed by atoms with E-state index in [1.807, 2.05) is 0 Å². The molecule has 1 aliphatic heterocycles. The molecular weight excluding hydrogens is 156 g/mol. The number of hydrogen-bond acceptors (Lipinski definition) is 3. The maximum Gasteiger partial charge on any atom is 0.292 e. The molecule has 0 unspecified atom stereocenters. The first-order valence-corrected chi connectivity index (χ1v) is 3.74. The predicted octanol–water partition coefficient (Wildman–Crippen LogP) is 0.947. The number of nitrogens with one attached hydrogen (secondary N) is 1. The molecule has 0 aromatic carbocycles. The van der Waals surface area contributed by atoms with Crippen LogP contribution in [0.25, 0.3) is 0 Å². The normalized spacial score (nSPS) is 14.9.